The smallest absolute Gasteiger partial charge is 0.328 e. The van der Waals surface area contributed by atoms with Crippen LogP contribution in [0, 0.1) is 17.3 Å². The van der Waals surface area contributed by atoms with Crippen LogP contribution in [0.3, 0.4) is 0 Å². The zero-order valence-electron chi connectivity index (χ0n) is 13.1. The molecule has 2 N–H and O–H groups in total. The molecular formula is C15H27ClN2O3. The van der Waals surface area contributed by atoms with Crippen LogP contribution < -0.4 is 10.6 Å². The van der Waals surface area contributed by atoms with Crippen molar-refractivity contribution in [3.8, 4) is 0 Å². The first-order valence-electron chi connectivity index (χ1n) is 7.57. The molecule has 2 aliphatic rings. The first kappa shape index (κ1) is 18.2. The number of halogens is 1. The Kier molecular flexibility index (Phi) is 6.47. The maximum atomic E-state index is 12.4. The molecule has 1 heterocycles. The number of methoxy groups -OCH3 is 1. The number of amides is 1. The molecule has 5 nitrogen and oxygen atoms in total. The van der Waals surface area contributed by atoms with E-state index in [1.54, 1.807) is 0 Å². The van der Waals surface area contributed by atoms with Crippen molar-refractivity contribution < 1.29 is 14.3 Å². The van der Waals surface area contributed by atoms with E-state index in [0.717, 1.165) is 32.4 Å². The van der Waals surface area contributed by atoms with Crippen molar-refractivity contribution in [3.05, 3.63) is 0 Å². The molecule has 1 amide bonds. The van der Waals surface area contributed by atoms with E-state index in [2.05, 4.69) is 10.6 Å². The van der Waals surface area contributed by atoms with Gasteiger partial charge in [0.25, 0.3) is 0 Å². The second-order valence-electron chi connectivity index (χ2n) is 6.58. The summed E-state index contributed by atoms with van der Waals surface area (Å²) >= 11 is 0. The Morgan fingerprint density at radius 3 is 2.48 bits per heavy atom. The van der Waals surface area contributed by atoms with Crippen LogP contribution in [0.4, 0.5) is 0 Å². The lowest BCUT2D eigenvalue weighted by molar-refractivity contribution is -0.145. The Hall–Kier alpha value is -0.810. The molecular weight excluding hydrogens is 292 g/mol. The topological polar surface area (TPSA) is 67.4 Å². The maximum absolute atomic E-state index is 12.4. The van der Waals surface area contributed by atoms with Crippen LogP contribution in [0.5, 0.6) is 0 Å². The standard InChI is InChI=1S/C15H26N2O3.ClH/c1-10(2)8-12(14(19)20-3)17-13(18)11-9-15(11)4-6-16-7-5-15;/h10-12,16H,4-9H2,1-3H3,(H,17,18);1H. The van der Waals surface area contributed by atoms with Crippen LogP contribution >= 0.6 is 12.4 Å². The molecule has 2 unspecified atom stereocenters. The van der Waals surface area contributed by atoms with Crippen LogP contribution in [0.2, 0.25) is 0 Å². The molecule has 0 bridgehead atoms. The number of hydrogen-bond donors (Lipinski definition) is 2. The molecule has 2 rings (SSSR count). The van der Waals surface area contributed by atoms with E-state index in [-0.39, 0.29) is 35.6 Å². The van der Waals surface area contributed by atoms with E-state index in [1.165, 1.54) is 7.11 Å². The van der Waals surface area contributed by atoms with Gasteiger partial charge in [-0.05, 0) is 50.1 Å². The first-order valence-corrected chi connectivity index (χ1v) is 7.57. The van der Waals surface area contributed by atoms with Crippen molar-refractivity contribution in [1.82, 2.24) is 10.6 Å². The highest BCUT2D eigenvalue weighted by atomic mass is 35.5. The van der Waals surface area contributed by atoms with E-state index in [1.807, 2.05) is 13.8 Å². The molecule has 6 heteroatoms. The number of esters is 1. The summed E-state index contributed by atoms with van der Waals surface area (Å²) in [5, 5.41) is 6.23. The lowest BCUT2D eigenvalue weighted by Gasteiger charge is -2.24. The summed E-state index contributed by atoms with van der Waals surface area (Å²) in [6, 6.07) is -0.508. The lowest BCUT2D eigenvalue weighted by Crippen LogP contribution is -2.44. The fourth-order valence-corrected chi connectivity index (χ4v) is 3.30. The van der Waals surface area contributed by atoms with Gasteiger partial charge in [-0.25, -0.2) is 4.79 Å². The third-order valence-corrected chi connectivity index (χ3v) is 4.61. The largest absolute Gasteiger partial charge is 0.467 e. The Bertz CT molecular complexity index is 381. The van der Waals surface area contributed by atoms with Gasteiger partial charge in [0.15, 0.2) is 0 Å². The predicted molar refractivity (Wildman–Crippen MR) is 83.3 cm³/mol. The van der Waals surface area contributed by atoms with Gasteiger partial charge in [0, 0.05) is 5.92 Å². The van der Waals surface area contributed by atoms with E-state index >= 15 is 0 Å². The molecule has 122 valence electrons. The van der Waals surface area contributed by atoms with Crippen molar-refractivity contribution in [2.45, 2.75) is 45.6 Å². The molecule has 1 aliphatic carbocycles. The average Bonchev–Trinajstić information content (AvgIpc) is 3.11. The van der Waals surface area contributed by atoms with E-state index in [9.17, 15) is 9.59 Å². The van der Waals surface area contributed by atoms with Gasteiger partial charge in [-0.15, -0.1) is 12.4 Å². The maximum Gasteiger partial charge on any atom is 0.328 e. The van der Waals surface area contributed by atoms with Gasteiger partial charge in [-0.3, -0.25) is 4.79 Å². The molecule has 21 heavy (non-hydrogen) atoms. The molecule has 0 aromatic heterocycles. The Morgan fingerprint density at radius 1 is 1.33 bits per heavy atom. The number of piperidine rings is 1. The summed E-state index contributed by atoms with van der Waals surface area (Å²) in [6.07, 6.45) is 3.73. The van der Waals surface area contributed by atoms with Crippen molar-refractivity contribution in [2.75, 3.05) is 20.2 Å². The number of carbonyl (C=O) groups is 2. The quantitative estimate of drug-likeness (QED) is 0.754. The van der Waals surface area contributed by atoms with Gasteiger partial charge in [0.1, 0.15) is 6.04 Å². The second-order valence-corrected chi connectivity index (χ2v) is 6.58. The molecule has 2 fully saturated rings. The fourth-order valence-electron chi connectivity index (χ4n) is 3.30. The van der Waals surface area contributed by atoms with E-state index in [0.29, 0.717) is 12.3 Å². The Labute approximate surface area is 133 Å². The van der Waals surface area contributed by atoms with Crippen molar-refractivity contribution in [3.63, 3.8) is 0 Å². The van der Waals surface area contributed by atoms with Crippen LogP contribution in [0.1, 0.15) is 39.5 Å². The van der Waals surface area contributed by atoms with Crippen LogP contribution in [0.25, 0.3) is 0 Å². The summed E-state index contributed by atoms with van der Waals surface area (Å²) in [5.41, 5.74) is 0.202. The van der Waals surface area contributed by atoms with Crippen LogP contribution in [-0.4, -0.2) is 38.1 Å². The number of ether oxygens (including phenoxy) is 1. The van der Waals surface area contributed by atoms with E-state index in [4.69, 9.17) is 4.74 Å². The summed E-state index contributed by atoms with van der Waals surface area (Å²) in [5.74, 6) is 0.116. The first-order chi connectivity index (χ1) is 9.48. The SMILES string of the molecule is COC(=O)C(CC(C)C)NC(=O)C1CC12CCNCC2.Cl. The van der Waals surface area contributed by atoms with Gasteiger partial charge in [-0.1, -0.05) is 13.8 Å². The van der Waals surface area contributed by atoms with Crippen molar-refractivity contribution in [1.29, 1.82) is 0 Å². The molecule has 1 saturated carbocycles. The summed E-state index contributed by atoms with van der Waals surface area (Å²) < 4.78 is 4.79. The minimum atomic E-state index is -0.508. The molecule has 0 radical (unpaired) electrons. The molecule has 0 aromatic rings. The van der Waals surface area contributed by atoms with Crippen molar-refractivity contribution >= 4 is 24.3 Å². The normalized spacial score (nSPS) is 24.1. The van der Waals surface area contributed by atoms with Crippen LogP contribution in [-0.2, 0) is 14.3 Å². The lowest BCUT2D eigenvalue weighted by atomic mass is 9.91. The van der Waals surface area contributed by atoms with Gasteiger partial charge in [0.2, 0.25) is 5.91 Å². The Morgan fingerprint density at radius 2 is 1.95 bits per heavy atom. The third-order valence-electron chi connectivity index (χ3n) is 4.61. The highest BCUT2D eigenvalue weighted by Crippen LogP contribution is 2.58. The Balaban J connectivity index is 0.00000220. The summed E-state index contributed by atoms with van der Waals surface area (Å²) in [4.78, 5) is 24.1. The average molecular weight is 319 g/mol. The van der Waals surface area contributed by atoms with Crippen molar-refractivity contribution in [2.24, 2.45) is 17.3 Å². The molecule has 1 spiro atoms. The van der Waals surface area contributed by atoms with Crippen LogP contribution in [0.15, 0.2) is 0 Å². The second kappa shape index (κ2) is 7.45. The fraction of sp³-hybridized carbons (Fsp3) is 0.867. The highest BCUT2D eigenvalue weighted by molar-refractivity contribution is 5.88. The molecule has 1 aliphatic heterocycles. The monoisotopic (exact) mass is 318 g/mol. The number of hydrogen-bond acceptors (Lipinski definition) is 4. The molecule has 1 saturated heterocycles. The third kappa shape index (κ3) is 4.33. The van der Waals surface area contributed by atoms with E-state index < -0.39 is 6.04 Å². The van der Waals surface area contributed by atoms with Gasteiger partial charge >= 0.3 is 5.97 Å². The van der Waals surface area contributed by atoms with Gasteiger partial charge in [-0.2, -0.15) is 0 Å². The molecule has 2 atom stereocenters. The minimum absolute atomic E-state index is 0. The number of carbonyl (C=O) groups excluding carboxylic acids is 2. The zero-order valence-corrected chi connectivity index (χ0v) is 13.9. The number of rotatable bonds is 5. The number of nitrogens with one attached hydrogen (secondary N) is 2. The summed E-state index contributed by atoms with van der Waals surface area (Å²) in [7, 11) is 1.37. The minimum Gasteiger partial charge on any atom is -0.467 e. The summed E-state index contributed by atoms with van der Waals surface area (Å²) in [6.45, 7) is 6.06. The predicted octanol–water partition coefficient (Wildman–Crippen LogP) is 1.50. The van der Waals surface area contributed by atoms with Gasteiger partial charge < -0.3 is 15.4 Å². The highest BCUT2D eigenvalue weighted by Gasteiger charge is 2.57. The molecule has 0 aromatic carbocycles. The zero-order chi connectivity index (χ0) is 14.8. The van der Waals surface area contributed by atoms with Gasteiger partial charge in [0.05, 0.1) is 7.11 Å².